The van der Waals surface area contributed by atoms with Crippen LogP contribution in [0.1, 0.15) is 36.5 Å². The first-order valence-electron chi connectivity index (χ1n) is 10.6. The summed E-state index contributed by atoms with van der Waals surface area (Å²) in [6.07, 6.45) is 3.06. The Balaban J connectivity index is 1.44. The normalized spacial score (nSPS) is 15.6. The number of likely N-dealkylation sites (tertiary alicyclic amines) is 1. The van der Waals surface area contributed by atoms with E-state index >= 15 is 0 Å². The second kappa shape index (κ2) is 11.2. The molecule has 2 aromatic carbocycles. The Morgan fingerprint density at radius 1 is 1.03 bits per heavy atom. The predicted octanol–water partition coefficient (Wildman–Crippen LogP) is 3.27. The van der Waals surface area contributed by atoms with Crippen LogP contribution in [0.25, 0.3) is 0 Å². The van der Waals surface area contributed by atoms with E-state index in [2.05, 4.69) is 5.32 Å². The van der Waals surface area contributed by atoms with E-state index in [0.717, 1.165) is 19.3 Å². The summed E-state index contributed by atoms with van der Waals surface area (Å²) in [5.41, 5.74) is 0.905. The van der Waals surface area contributed by atoms with Gasteiger partial charge in [-0.1, -0.05) is 6.07 Å². The molecule has 1 aliphatic rings. The molecule has 1 fully saturated rings. The second-order valence-corrected chi connectivity index (χ2v) is 7.60. The first kappa shape index (κ1) is 23.1. The fourth-order valence-electron chi connectivity index (χ4n) is 3.50. The highest BCUT2D eigenvalue weighted by molar-refractivity contribution is 5.92. The van der Waals surface area contributed by atoms with Crippen molar-refractivity contribution in [2.45, 2.75) is 32.2 Å². The van der Waals surface area contributed by atoms with Gasteiger partial charge in [-0.3, -0.25) is 9.59 Å². The van der Waals surface area contributed by atoms with Crippen molar-refractivity contribution in [3.63, 3.8) is 0 Å². The molecule has 2 aromatic rings. The summed E-state index contributed by atoms with van der Waals surface area (Å²) in [6.45, 7) is 2.25. The maximum Gasteiger partial charge on any atom is 0.338 e. The van der Waals surface area contributed by atoms with Gasteiger partial charge < -0.3 is 24.4 Å². The van der Waals surface area contributed by atoms with Crippen LogP contribution in [0.4, 0.5) is 5.69 Å². The second-order valence-electron chi connectivity index (χ2n) is 7.60. The summed E-state index contributed by atoms with van der Waals surface area (Å²) in [4.78, 5) is 38.4. The van der Waals surface area contributed by atoms with Gasteiger partial charge in [-0.25, -0.2) is 4.79 Å². The molecule has 1 unspecified atom stereocenters. The zero-order chi connectivity index (χ0) is 22.9. The van der Waals surface area contributed by atoms with Gasteiger partial charge in [0.25, 0.3) is 11.8 Å². The van der Waals surface area contributed by atoms with E-state index in [1.165, 1.54) is 12.1 Å². The summed E-state index contributed by atoms with van der Waals surface area (Å²) in [5.74, 6) is -0.0102. The molecule has 1 saturated heterocycles. The van der Waals surface area contributed by atoms with Crippen LogP contribution >= 0.6 is 0 Å². The van der Waals surface area contributed by atoms with E-state index in [4.69, 9.17) is 14.2 Å². The van der Waals surface area contributed by atoms with Crippen molar-refractivity contribution in [3.05, 3.63) is 54.1 Å². The molecular weight excluding hydrogens is 412 g/mol. The van der Waals surface area contributed by atoms with Crippen molar-refractivity contribution in [2.24, 2.45) is 0 Å². The molecule has 170 valence electrons. The number of nitrogens with one attached hydrogen (secondary N) is 1. The minimum atomic E-state index is -0.578. The van der Waals surface area contributed by atoms with Gasteiger partial charge in [0.2, 0.25) is 0 Å². The van der Waals surface area contributed by atoms with Crippen LogP contribution in [-0.2, 0) is 14.3 Å². The number of piperidine rings is 1. The first-order chi connectivity index (χ1) is 15.5. The first-order valence-corrected chi connectivity index (χ1v) is 10.6. The third-order valence-corrected chi connectivity index (χ3v) is 5.26. The van der Waals surface area contributed by atoms with Crippen molar-refractivity contribution in [1.29, 1.82) is 0 Å². The number of carbonyl (C=O) groups excluding carboxylic acids is 3. The summed E-state index contributed by atoms with van der Waals surface area (Å²) < 4.78 is 15.8. The van der Waals surface area contributed by atoms with Crippen LogP contribution in [0.15, 0.2) is 48.5 Å². The Labute approximate surface area is 187 Å². The lowest BCUT2D eigenvalue weighted by atomic mass is 10.0. The lowest BCUT2D eigenvalue weighted by Gasteiger charge is -2.33. The van der Waals surface area contributed by atoms with E-state index < -0.39 is 5.97 Å². The molecular formula is C24H28N2O6. The van der Waals surface area contributed by atoms with Crippen LogP contribution in [0.2, 0.25) is 0 Å². The summed E-state index contributed by atoms with van der Waals surface area (Å²) in [5, 5.41) is 2.72. The molecule has 8 nitrogen and oxygen atoms in total. The molecule has 32 heavy (non-hydrogen) atoms. The smallest absolute Gasteiger partial charge is 0.338 e. The Morgan fingerprint density at radius 3 is 2.53 bits per heavy atom. The maximum absolute atomic E-state index is 12.3. The summed E-state index contributed by atoms with van der Waals surface area (Å²) >= 11 is 0. The molecule has 0 aromatic heterocycles. The largest absolute Gasteiger partial charge is 0.497 e. The van der Waals surface area contributed by atoms with E-state index in [-0.39, 0.29) is 31.1 Å². The third kappa shape index (κ3) is 6.47. The van der Waals surface area contributed by atoms with Gasteiger partial charge in [0.1, 0.15) is 11.5 Å². The fraction of sp³-hybridized carbons (Fsp3) is 0.375. The van der Waals surface area contributed by atoms with Crippen molar-refractivity contribution >= 4 is 23.5 Å². The molecule has 0 spiro atoms. The van der Waals surface area contributed by atoms with Gasteiger partial charge in [0.05, 0.1) is 12.7 Å². The number of hydrogen-bond acceptors (Lipinski definition) is 6. The van der Waals surface area contributed by atoms with Crippen LogP contribution in [-0.4, -0.2) is 55.6 Å². The van der Waals surface area contributed by atoms with Gasteiger partial charge >= 0.3 is 5.97 Å². The zero-order valence-electron chi connectivity index (χ0n) is 18.3. The number of rotatable bonds is 8. The number of esters is 1. The predicted molar refractivity (Wildman–Crippen MR) is 119 cm³/mol. The van der Waals surface area contributed by atoms with E-state index in [9.17, 15) is 14.4 Å². The SMILES string of the molecule is COc1cccc(NC(=O)COc2ccc(C(=O)OCC(=O)N3CCCCC3C)cc2)c1. The summed E-state index contributed by atoms with van der Waals surface area (Å²) in [7, 11) is 1.55. The van der Waals surface area contributed by atoms with Crippen molar-refractivity contribution in [1.82, 2.24) is 4.90 Å². The van der Waals surface area contributed by atoms with Gasteiger partial charge in [-0.05, 0) is 62.6 Å². The van der Waals surface area contributed by atoms with Gasteiger partial charge in [0.15, 0.2) is 13.2 Å². The van der Waals surface area contributed by atoms with E-state index in [0.29, 0.717) is 29.3 Å². The number of ether oxygens (including phenoxy) is 3. The Morgan fingerprint density at radius 2 is 1.81 bits per heavy atom. The van der Waals surface area contributed by atoms with Crippen LogP contribution in [0.3, 0.4) is 0 Å². The summed E-state index contributed by atoms with van der Waals surface area (Å²) in [6, 6.07) is 13.4. The number of nitrogens with zero attached hydrogens (tertiary/aromatic N) is 1. The molecule has 3 rings (SSSR count). The fourth-order valence-corrected chi connectivity index (χ4v) is 3.50. The number of hydrogen-bond donors (Lipinski definition) is 1. The molecule has 1 atom stereocenters. The lowest BCUT2D eigenvalue weighted by molar-refractivity contribution is -0.137. The highest BCUT2D eigenvalue weighted by Gasteiger charge is 2.24. The quantitative estimate of drug-likeness (QED) is 0.633. The number of anilines is 1. The van der Waals surface area contributed by atoms with Crippen molar-refractivity contribution in [2.75, 3.05) is 32.2 Å². The molecule has 1 heterocycles. The zero-order valence-corrected chi connectivity index (χ0v) is 18.3. The molecule has 0 aliphatic carbocycles. The molecule has 8 heteroatoms. The molecule has 0 radical (unpaired) electrons. The van der Waals surface area contributed by atoms with E-state index in [1.54, 1.807) is 48.4 Å². The molecule has 2 amide bonds. The topological polar surface area (TPSA) is 94.2 Å². The minimum Gasteiger partial charge on any atom is -0.497 e. The minimum absolute atomic E-state index is 0.174. The number of amides is 2. The standard InChI is InChI=1S/C24H28N2O6/c1-17-6-3-4-13-26(17)23(28)16-32-24(29)18-9-11-20(12-10-18)31-15-22(27)25-19-7-5-8-21(14-19)30-2/h5,7-12,14,17H,3-4,6,13,15-16H2,1-2H3,(H,25,27). The van der Waals surface area contributed by atoms with Crippen molar-refractivity contribution < 1.29 is 28.6 Å². The lowest BCUT2D eigenvalue weighted by Crippen LogP contribution is -2.44. The average molecular weight is 440 g/mol. The van der Waals surface area contributed by atoms with Crippen LogP contribution in [0, 0.1) is 0 Å². The van der Waals surface area contributed by atoms with Crippen LogP contribution < -0.4 is 14.8 Å². The Kier molecular flexibility index (Phi) is 8.08. The molecule has 1 N–H and O–H groups in total. The van der Waals surface area contributed by atoms with Crippen LogP contribution in [0.5, 0.6) is 11.5 Å². The Bertz CT molecular complexity index is 944. The third-order valence-electron chi connectivity index (χ3n) is 5.26. The van der Waals surface area contributed by atoms with E-state index in [1.807, 2.05) is 6.92 Å². The Hall–Kier alpha value is -3.55. The molecule has 1 aliphatic heterocycles. The number of benzene rings is 2. The van der Waals surface area contributed by atoms with Gasteiger partial charge in [0, 0.05) is 24.3 Å². The highest BCUT2D eigenvalue weighted by atomic mass is 16.5. The molecule has 0 saturated carbocycles. The number of methoxy groups -OCH3 is 1. The maximum atomic E-state index is 12.3. The van der Waals surface area contributed by atoms with Gasteiger partial charge in [-0.2, -0.15) is 0 Å². The van der Waals surface area contributed by atoms with Crippen molar-refractivity contribution in [3.8, 4) is 11.5 Å². The van der Waals surface area contributed by atoms with Gasteiger partial charge in [-0.15, -0.1) is 0 Å². The number of carbonyl (C=O) groups is 3. The molecule has 0 bridgehead atoms. The monoisotopic (exact) mass is 440 g/mol. The highest BCUT2D eigenvalue weighted by Crippen LogP contribution is 2.18. The average Bonchev–Trinajstić information content (AvgIpc) is 2.81.